The molecule has 0 radical (unpaired) electrons. The Bertz CT molecular complexity index is 679. The number of halogens is 2. The quantitative estimate of drug-likeness (QED) is 0.324. The van der Waals surface area contributed by atoms with Gasteiger partial charge < -0.3 is 0 Å². The molecule has 0 spiro atoms. The van der Waals surface area contributed by atoms with Gasteiger partial charge in [-0.1, -0.05) is 75.8 Å². The summed E-state index contributed by atoms with van der Waals surface area (Å²) in [6, 6.07) is 12.4. The van der Waals surface area contributed by atoms with Crippen LogP contribution in [0.2, 0.25) is 0 Å². The minimum atomic E-state index is -0.643. The number of rotatable bonds is 10. The Morgan fingerprint density at radius 3 is 2.16 bits per heavy atom. The fourth-order valence-corrected chi connectivity index (χ4v) is 3.13. The van der Waals surface area contributed by atoms with Crippen LogP contribution in [0.4, 0.5) is 4.39 Å². The second kappa shape index (κ2) is 10.4. The molecule has 0 aromatic heterocycles. The highest BCUT2D eigenvalue weighted by Crippen LogP contribution is 2.25. The fourth-order valence-electron chi connectivity index (χ4n) is 3.01. The van der Waals surface area contributed by atoms with Gasteiger partial charge in [-0.05, 0) is 47.7 Å². The molecule has 134 valence electrons. The molecule has 0 aliphatic rings. The van der Waals surface area contributed by atoms with E-state index in [0.29, 0.717) is 5.56 Å². The van der Waals surface area contributed by atoms with Crippen molar-refractivity contribution in [3.8, 4) is 11.1 Å². The van der Waals surface area contributed by atoms with Crippen LogP contribution in [0.1, 0.15) is 67.8 Å². The normalized spacial score (nSPS) is 10.8. The molecule has 0 aliphatic carbocycles. The summed E-state index contributed by atoms with van der Waals surface area (Å²) in [5, 5.41) is -0.643. The van der Waals surface area contributed by atoms with Gasteiger partial charge in [0.15, 0.2) is 0 Å². The van der Waals surface area contributed by atoms with Gasteiger partial charge in [0.1, 0.15) is 5.82 Å². The minimum absolute atomic E-state index is 0.179. The van der Waals surface area contributed by atoms with E-state index >= 15 is 0 Å². The van der Waals surface area contributed by atoms with Crippen LogP contribution in [0.15, 0.2) is 42.5 Å². The van der Waals surface area contributed by atoms with Crippen molar-refractivity contribution in [2.45, 2.75) is 58.3 Å². The van der Waals surface area contributed by atoms with Crippen LogP contribution in [-0.4, -0.2) is 5.24 Å². The molecule has 2 aromatic carbocycles. The lowest BCUT2D eigenvalue weighted by atomic mass is 9.99. The molecule has 0 saturated carbocycles. The van der Waals surface area contributed by atoms with Crippen molar-refractivity contribution in [3.05, 3.63) is 59.4 Å². The highest BCUT2D eigenvalue weighted by Gasteiger charge is 2.09. The molecule has 0 saturated heterocycles. The molecule has 0 heterocycles. The first-order valence-electron chi connectivity index (χ1n) is 9.20. The van der Waals surface area contributed by atoms with Gasteiger partial charge in [-0.3, -0.25) is 4.79 Å². The van der Waals surface area contributed by atoms with Gasteiger partial charge >= 0.3 is 0 Å². The van der Waals surface area contributed by atoms with E-state index in [9.17, 15) is 9.18 Å². The van der Waals surface area contributed by atoms with Gasteiger partial charge in [0, 0.05) is 11.1 Å². The lowest BCUT2D eigenvalue weighted by Crippen LogP contribution is -1.93. The summed E-state index contributed by atoms with van der Waals surface area (Å²) in [6.07, 6.45) is 10.2. The molecule has 0 aliphatic heterocycles. The molecule has 0 atom stereocenters. The Labute approximate surface area is 155 Å². The van der Waals surface area contributed by atoms with Crippen LogP contribution in [-0.2, 0) is 6.42 Å². The molecular formula is C22H26ClFO. The lowest BCUT2D eigenvalue weighted by molar-refractivity contribution is 0.108. The van der Waals surface area contributed by atoms with Crippen molar-refractivity contribution in [2.75, 3.05) is 0 Å². The Morgan fingerprint density at radius 1 is 0.920 bits per heavy atom. The molecule has 0 unspecified atom stereocenters. The summed E-state index contributed by atoms with van der Waals surface area (Å²) < 4.78 is 14.2. The molecular weight excluding hydrogens is 335 g/mol. The smallest absolute Gasteiger partial charge is 0.252 e. The molecule has 2 aromatic rings. The average Bonchev–Trinajstić information content (AvgIpc) is 2.61. The molecule has 25 heavy (non-hydrogen) atoms. The van der Waals surface area contributed by atoms with Crippen molar-refractivity contribution >= 4 is 16.8 Å². The molecule has 3 heteroatoms. The summed E-state index contributed by atoms with van der Waals surface area (Å²) in [6.45, 7) is 2.24. The van der Waals surface area contributed by atoms with Gasteiger partial charge in [-0.15, -0.1) is 0 Å². The van der Waals surface area contributed by atoms with E-state index in [1.165, 1.54) is 56.6 Å². The Kier molecular flexibility index (Phi) is 8.14. The van der Waals surface area contributed by atoms with E-state index in [1.807, 2.05) is 12.1 Å². The first kappa shape index (κ1) is 19.7. The zero-order chi connectivity index (χ0) is 18.1. The topological polar surface area (TPSA) is 17.1 Å². The van der Waals surface area contributed by atoms with Crippen LogP contribution in [0.25, 0.3) is 11.1 Å². The van der Waals surface area contributed by atoms with Crippen LogP contribution >= 0.6 is 11.6 Å². The summed E-state index contributed by atoms with van der Waals surface area (Å²) in [4.78, 5) is 11.1. The fraction of sp³-hybridized carbons (Fsp3) is 0.409. The summed E-state index contributed by atoms with van der Waals surface area (Å²) in [7, 11) is 0. The van der Waals surface area contributed by atoms with Crippen LogP contribution in [0.5, 0.6) is 0 Å². The van der Waals surface area contributed by atoms with Gasteiger partial charge in [0.05, 0.1) is 0 Å². The highest BCUT2D eigenvalue weighted by molar-refractivity contribution is 6.67. The molecule has 0 N–H and O–H groups in total. The summed E-state index contributed by atoms with van der Waals surface area (Å²) >= 11 is 5.38. The van der Waals surface area contributed by atoms with Gasteiger partial charge in [0.25, 0.3) is 5.24 Å². The maximum atomic E-state index is 14.2. The van der Waals surface area contributed by atoms with E-state index in [0.717, 1.165) is 12.0 Å². The lowest BCUT2D eigenvalue weighted by Gasteiger charge is -2.07. The number of benzene rings is 2. The molecule has 1 nitrogen and oxygen atoms in total. The van der Waals surface area contributed by atoms with E-state index in [-0.39, 0.29) is 5.56 Å². The predicted molar refractivity (Wildman–Crippen MR) is 104 cm³/mol. The van der Waals surface area contributed by atoms with E-state index in [2.05, 4.69) is 19.1 Å². The van der Waals surface area contributed by atoms with Crippen molar-refractivity contribution in [1.82, 2.24) is 0 Å². The van der Waals surface area contributed by atoms with Crippen molar-refractivity contribution in [1.29, 1.82) is 0 Å². The Hall–Kier alpha value is -1.67. The average molecular weight is 361 g/mol. The molecule has 0 fully saturated rings. The zero-order valence-electron chi connectivity index (χ0n) is 14.9. The maximum Gasteiger partial charge on any atom is 0.252 e. The third-order valence-electron chi connectivity index (χ3n) is 4.53. The number of carbonyl (C=O) groups is 1. The van der Waals surface area contributed by atoms with E-state index in [1.54, 1.807) is 12.1 Å². The maximum absolute atomic E-state index is 14.2. The predicted octanol–water partition coefficient (Wildman–Crippen LogP) is 7.16. The third kappa shape index (κ3) is 6.28. The highest BCUT2D eigenvalue weighted by atomic mass is 35.5. The molecule has 0 amide bonds. The zero-order valence-corrected chi connectivity index (χ0v) is 15.6. The van der Waals surface area contributed by atoms with Gasteiger partial charge in [-0.25, -0.2) is 4.39 Å². The largest absolute Gasteiger partial charge is 0.276 e. The third-order valence-corrected chi connectivity index (χ3v) is 4.75. The standard InChI is InChI=1S/C22H26ClFO/c1-2-3-4-5-6-7-8-9-17-10-12-18(13-11-17)20-15-14-19(22(23)25)16-21(20)24/h10-16H,2-9H2,1H3. The summed E-state index contributed by atoms with van der Waals surface area (Å²) in [5.41, 5.74) is 2.77. The number of hydrogen-bond acceptors (Lipinski definition) is 1. The van der Waals surface area contributed by atoms with E-state index < -0.39 is 11.1 Å². The minimum Gasteiger partial charge on any atom is -0.276 e. The molecule has 2 rings (SSSR count). The van der Waals surface area contributed by atoms with Crippen LogP contribution in [0, 0.1) is 5.82 Å². The van der Waals surface area contributed by atoms with Crippen molar-refractivity contribution in [3.63, 3.8) is 0 Å². The van der Waals surface area contributed by atoms with Crippen LogP contribution in [0.3, 0.4) is 0 Å². The number of unbranched alkanes of at least 4 members (excludes halogenated alkanes) is 6. The SMILES string of the molecule is CCCCCCCCCc1ccc(-c2ccc(C(=O)Cl)cc2F)cc1. The Balaban J connectivity index is 1.86. The van der Waals surface area contributed by atoms with Crippen molar-refractivity contribution < 1.29 is 9.18 Å². The first-order chi connectivity index (χ1) is 12.1. The summed E-state index contributed by atoms with van der Waals surface area (Å²) in [5.74, 6) is -0.425. The molecule has 0 bridgehead atoms. The second-order valence-corrected chi connectivity index (χ2v) is 6.88. The first-order valence-corrected chi connectivity index (χ1v) is 9.58. The second-order valence-electron chi connectivity index (χ2n) is 6.54. The number of aryl methyl sites for hydroxylation is 1. The number of hydrogen-bond donors (Lipinski definition) is 0. The van der Waals surface area contributed by atoms with Gasteiger partial charge in [-0.2, -0.15) is 0 Å². The van der Waals surface area contributed by atoms with Gasteiger partial charge in [0.2, 0.25) is 0 Å². The van der Waals surface area contributed by atoms with Crippen LogP contribution < -0.4 is 0 Å². The monoisotopic (exact) mass is 360 g/mol. The Morgan fingerprint density at radius 2 is 1.56 bits per heavy atom. The van der Waals surface area contributed by atoms with Crippen molar-refractivity contribution in [2.24, 2.45) is 0 Å². The van der Waals surface area contributed by atoms with E-state index in [4.69, 9.17) is 11.6 Å². The number of carbonyl (C=O) groups excluding carboxylic acids is 1.